The predicted octanol–water partition coefficient (Wildman–Crippen LogP) is 4.18. The Morgan fingerprint density at radius 1 is 1.17 bits per heavy atom. The fourth-order valence-electron chi connectivity index (χ4n) is 4.33. The lowest BCUT2D eigenvalue weighted by molar-refractivity contribution is -0.148. The minimum absolute atomic E-state index is 0.0275. The van der Waals surface area contributed by atoms with Crippen molar-refractivity contribution in [1.82, 2.24) is 0 Å². The summed E-state index contributed by atoms with van der Waals surface area (Å²) in [4.78, 5) is 30.9. The number of hydrogen-bond acceptors (Lipinski definition) is 6. The zero-order valence-electron chi connectivity index (χ0n) is 18.2. The Bertz CT molecular complexity index is 866. The maximum absolute atomic E-state index is 13.2. The molecule has 1 aromatic carbocycles. The van der Waals surface area contributed by atoms with Gasteiger partial charge < -0.3 is 14.6 Å². The minimum Gasteiger partial charge on any atom is -0.508 e. The zero-order chi connectivity index (χ0) is 21.9. The van der Waals surface area contributed by atoms with Gasteiger partial charge in [-0.1, -0.05) is 32.9 Å². The largest absolute Gasteiger partial charge is 0.508 e. The molecule has 1 aliphatic heterocycles. The highest BCUT2D eigenvalue weighted by Crippen LogP contribution is 2.48. The third kappa shape index (κ3) is 4.81. The number of esters is 1. The van der Waals surface area contributed by atoms with Crippen molar-refractivity contribution in [3.8, 4) is 5.75 Å². The SMILES string of the molecule is CCCOCCOC(=O)C1C(C)=NC2=C(C(=O)CC(C)(C)C2)[C@@H]1c1ccc(O)cc1. The Morgan fingerprint density at radius 3 is 2.53 bits per heavy atom. The van der Waals surface area contributed by atoms with E-state index in [0.717, 1.165) is 17.7 Å². The lowest BCUT2D eigenvalue weighted by atomic mass is 9.67. The van der Waals surface area contributed by atoms with E-state index in [1.165, 1.54) is 0 Å². The summed E-state index contributed by atoms with van der Waals surface area (Å²) >= 11 is 0. The molecule has 0 saturated heterocycles. The summed E-state index contributed by atoms with van der Waals surface area (Å²) in [6.07, 6.45) is 2.01. The molecule has 0 aromatic heterocycles. The van der Waals surface area contributed by atoms with Crippen molar-refractivity contribution in [2.45, 2.75) is 52.9 Å². The summed E-state index contributed by atoms with van der Waals surface area (Å²) in [6.45, 7) is 9.09. The number of ketones is 1. The average Bonchev–Trinajstić information content (AvgIpc) is 2.66. The number of Topliss-reactive ketones (excluding diaryl/α,β-unsaturated/α-hetero) is 1. The molecule has 1 heterocycles. The molecule has 1 aliphatic carbocycles. The van der Waals surface area contributed by atoms with Gasteiger partial charge in [0.1, 0.15) is 18.3 Å². The Kier molecular flexibility index (Phi) is 6.76. The molecule has 6 nitrogen and oxygen atoms in total. The summed E-state index contributed by atoms with van der Waals surface area (Å²) in [5, 5.41) is 9.71. The van der Waals surface area contributed by atoms with Crippen LogP contribution in [-0.2, 0) is 19.1 Å². The molecule has 1 aromatic rings. The van der Waals surface area contributed by atoms with Gasteiger partial charge in [0.25, 0.3) is 0 Å². The van der Waals surface area contributed by atoms with E-state index in [1.54, 1.807) is 24.3 Å². The zero-order valence-corrected chi connectivity index (χ0v) is 18.2. The maximum Gasteiger partial charge on any atom is 0.315 e. The van der Waals surface area contributed by atoms with Gasteiger partial charge in [0.05, 0.1) is 6.61 Å². The fraction of sp³-hybridized carbons (Fsp3) is 0.542. The highest BCUT2D eigenvalue weighted by molar-refractivity contribution is 6.09. The predicted molar refractivity (Wildman–Crippen MR) is 115 cm³/mol. The second-order valence-electron chi connectivity index (χ2n) is 8.88. The van der Waals surface area contributed by atoms with Gasteiger partial charge in [-0.3, -0.25) is 14.6 Å². The first-order chi connectivity index (χ1) is 14.2. The van der Waals surface area contributed by atoms with Gasteiger partial charge in [0, 0.05) is 35.9 Å². The van der Waals surface area contributed by atoms with Crippen LogP contribution in [0.2, 0.25) is 0 Å². The van der Waals surface area contributed by atoms with Crippen molar-refractivity contribution in [2.24, 2.45) is 16.3 Å². The molecule has 0 fully saturated rings. The number of phenolic OH excluding ortho intramolecular Hbond substituents is 1. The van der Waals surface area contributed by atoms with Crippen LogP contribution in [0.25, 0.3) is 0 Å². The van der Waals surface area contributed by atoms with Gasteiger partial charge >= 0.3 is 5.97 Å². The van der Waals surface area contributed by atoms with Crippen LogP contribution in [0.5, 0.6) is 5.75 Å². The number of benzene rings is 1. The van der Waals surface area contributed by atoms with E-state index in [4.69, 9.17) is 14.5 Å². The standard InChI is InChI=1S/C24H31NO5/c1-5-10-29-11-12-30-23(28)20-15(2)25-18-13-24(3,4)14-19(27)22(18)21(20)16-6-8-17(26)9-7-16/h6-9,20-21,26H,5,10-14H2,1-4H3/t20?,21-/m1/s1. The smallest absolute Gasteiger partial charge is 0.315 e. The van der Waals surface area contributed by atoms with Crippen LogP contribution in [0.15, 0.2) is 40.5 Å². The highest BCUT2D eigenvalue weighted by atomic mass is 16.6. The Morgan fingerprint density at radius 2 is 1.87 bits per heavy atom. The molecule has 6 heteroatoms. The lowest BCUT2D eigenvalue weighted by Gasteiger charge is -2.39. The van der Waals surface area contributed by atoms with Gasteiger partial charge in [-0.15, -0.1) is 0 Å². The molecule has 0 bridgehead atoms. The van der Waals surface area contributed by atoms with Crippen molar-refractivity contribution in [3.63, 3.8) is 0 Å². The van der Waals surface area contributed by atoms with E-state index in [2.05, 4.69) is 13.8 Å². The summed E-state index contributed by atoms with van der Waals surface area (Å²) in [7, 11) is 0. The van der Waals surface area contributed by atoms with Crippen LogP contribution in [0.1, 0.15) is 58.4 Å². The van der Waals surface area contributed by atoms with Crippen molar-refractivity contribution in [2.75, 3.05) is 19.8 Å². The van der Waals surface area contributed by atoms with Crippen LogP contribution < -0.4 is 0 Å². The fourth-order valence-corrected chi connectivity index (χ4v) is 4.33. The number of rotatable bonds is 7. The third-order valence-corrected chi connectivity index (χ3v) is 5.63. The van der Waals surface area contributed by atoms with Crippen LogP contribution in [0.4, 0.5) is 0 Å². The summed E-state index contributed by atoms with van der Waals surface area (Å²) < 4.78 is 10.9. The van der Waals surface area contributed by atoms with Crippen molar-refractivity contribution in [1.29, 1.82) is 0 Å². The minimum atomic E-state index is -0.676. The van der Waals surface area contributed by atoms with Crippen molar-refractivity contribution in [3.05, 3.63) is 41.1 Å². The lowest BCUT2D eigenvalue weighted by Crippen LogP contribution is -2.39. The topological polar surface area (TPSA) is 85.2 Å². The first kappa shape index (κ1) is 22.2. The Labute approximate surface area is 178 Å². The molecule has 0 saturated carbocycles. The number of ether oxygens (including phenoxy) is 2. The maximum atomic E-state index is 13.2. The van der Waals surface area contributed by atoms with Crippen LogP contribution in [0.3, 0.4) is 0 Å². The summed E-state index contributed by atoms with van der Waals surface area (Å²) in [5.41, 5.74) is 2.66. The van der Waals surface area contributed by atoms with E-state index < -0.39 is 17.8 Å². The van der Waals surface area contributed by atoms with E-state index in [9.17, 15) is 14.7 Å². The number of nitrogens with zero attached hydrogens (tertiary/aromatic N) is 1. The summed E-state index contributed by atoms with van der Waals surface area (Å²) in [5.74, 6) is -1.38. The molecule has 0 amide bonds. The molecule has 30 heavy (non-hydrogen) atoms. The average molecular weight is 414 g/mol. The molecule has 3 rings (SSSR count). The van der Waals surface area contributed by atoms with Gasteiger partial charge in [-0.25, -0.2) is 0 Å². The molecule has 1 N–H and O–H groups in total. The van der Waals surface area contributed by atoms with Crippen LogP contribution in [0, 0.1) is 11.3 Å². The second kappa shape index (κ2) is 9.13. The molecule has 162 valence electrons. The van der Waals surface area contributed by atoms with Gasteiger partial charge in [-0.2, -0.15) is 0 Å². The molecular formula is C24H31NO5. The molecule has 2 aliphatic rings. The van der Waals surface area contributed by atoms with E-state index >= 15 is 0 Å². The second-order valence-corrected chi connectivity index (χ2v) is 8.88. The Hall–Kier alpha value is -2.47. The van der Waals surface area contributed by atoms with E-state index in [1.807, 2.05) is 13.8 Å². The monoisotopic (exact) mass is 413 g/mol. The number of carbonyl (C=O) groups excluding carboxylic acids is 2. The first-order valence-electron chi connectivity index (χ1n) is 10.6. The van der Waals surface area contributed by atoms with Crippen LogP contribution in [-0.4, -0.2) is 42.4 Å². The molecule has 1 unspecified atom stereocenters. The number of hydrogen-bond donors (Lipinski definition) is 1. The molecule has 2 atom stereocenters. The number of aliphatic imine (C=N–C) groups is 1. The van der Waals surface area contributed by atoms with Gasteiger partial charge in [-0.05, 0) is 42.9 Å². The van der Waals surface area contributed by atoms with Gasteiger partial charge in [0.15, 0.2) is 5.78 Å². The number of carbonyl (C=O) groups is 2. The van der Waals surface area contributed by atoms with Gasteiger partial charge in [0.2, 0.25) is 0 Å². The molecule has 0 spiro atoms. The number of aromatic hydroxyl groups is 1. The summed E-state index contributed by atoms with van der Waals surface area (Å²) in [6, 6.07) is 6.69. The third-order valence-electron chi connectivity index (χ3n) is 5.63. The van der Waals surface area contributed by atoms with E-state index in [0.29, 0.717) is 37.3 Å². The number of allylic oxidation sites excluding steroid dienone is 2. The van der Waals surface area contributed by atoms with Crippen molar-refractivity contribution < 1.29 is 24.2 Å². The highest BCUT2D eigenvalue weighted by Gasteiger charge is 2.46. The van der Waals surface area contributed by atoms with Crippen LogP contribution >= 0.6 is 0 Å². The molecular weight excluding hydrogens is 382 g/mol. The first-order valence-corrected chi connectivity index (χ1v) is 10.6. The van der Waals surface area contributed by atoms with E-state index in [-0.39, 0.29) is 23.6 Å². The number of phenols is 1. The Balaban J connectivity index is 1.94. The van der Waals surface area contributed by atoms with Crippen molar-refractivity contribution >= 4 is 17.5 Å². The molecule has 0 radical (unpaired) electrons. The normalized spacial score (nSPS) is 23.1. The quantitative estimate of drug-likeness (QED) is 0.535.